The maximum absolute atomic E-state index is 9.40. The van der Waals surface area contributed by atoms with Crippen molar-refractivity contribution in [2.75, 3.05) is 0 Å². The van der Waals surface area contributed by atoms with E-state index in [0.717, 1.165) is 16.6 Å². The van der Waals surface area contributed by atoms with E-state index in [4.69, 9.17) is 0 Å². The maximum atomic E-state index is 9.40. The highest BCUT2D eigenvalue weighted by Gasteiger charge is 2.11. The quantitative estimate of drug-likeness (QED) is 0.665. The second-order valence-electron chi connectivity index (χ2n) is 4.44. The van der Waals surface area contributed by atoms with Gasteiger partial charge in [0, 0.05) is 19.4 Å². The number of rotatable bonds is 2. The molecule has 96 valence electrons. The zero-order chi connectivity index (χ0) is 13.9. The summed E-state index contributed by atoms with van der Waals surface area (Å²) in [7, 11) is 1.92. The topological polar surface area (TPSA) is 54.5 Å². The van der Waals surface area contributed by atoms with Crippen molar-refractivity contribution in [2.45, 2.75) is 0 Å². The lowest BCUT2D eigenvalue weighted by molar-refractivity contribution is 0.925. The van der Waals surface area contributed by atoms with Crippen LogP contribution in [0, 0.1) is 11.3 Å². The van der Waals surface area contributed by atoms with Gasteiger partial charge in [0.15, 0.2) is 5.82 Å². The highest BCUT2D eigenvalue weighted by Crippen LogP contribution is 2.21. The number of nitrogens with zero attached hydrogens (tertiary/aromatic N) is 4. The second-order valence-corrected chi connectivity index (χ2v) is 4.44. The number of hydrogen-bond donors (Lipinski definition) is 0. The highest BCUT2D eigenvalue weighted by molar-refractivity contribution is 5.90. The Labute approximate surface area is 116 Å². The summed E-state index contributed by atoms with van der Waals surface area (Å²) in [6.07, 6.45) is 5.23. The molecular weight excluding hydrogens is 248 g/mol. The molecule has 0 aliphatic rings. The van der Waals surface area contributed by atoms with Crippen molar-refractivity contribution in [3.63, 3.8) is 0 Å². The first-order valence-corrected chi connectivity index (χ1v) is 6.23. The Balaban J connectivity index is 2.16. The number of aryl methyl sites for hydroxylation is 1. The van der Waals surface area contributed by atoms with Crippen molar-refractivity contribution >= 4 is 22.7 Å². The first-order chi connectivity index (χ1) is 9.79. The maximum Gasteiger partial charge on any atom is 0.151 e. The Bertz CT molecular complexity index is 823. The summed E-state index contributed by atoms with van der Waals surface area (Å²) < 4.78 is 1.93. The van der Waals surface area contributed by atoms with Crippen molar-refractivity contribution < 1.29 is 0 Å². The monoisotopic (exact) mass is 260 g/mol. The van der Waals surface area contributed by atoms with E-state index in [1.807, 2.05) is 48.0 Å². The molecule has 0 N–H and O–H groups in total. The standard InChI is InChI=1S/C16H12N4/c1-20-15-7-3-2-6-14(15)19-16(20)13(10-17)9-12-5-4-8-18-11-12/h2-9,11H,1H3/b13-9-. The average Bonchev–Trinajstić information content (AvgIpc) is 2.83. The summed E-state index contributed by atoms with van der Waals surface area (Å²) in [4.78, 5) is 8.58. The SMILES string of the molecule is Cn1c(/C(C#N)=C\c2cccnc2)nc2ccccc21. The number of pyridine rings is 1. The molecule has 0 aliphatic heterocycles. The van der Waals surface area contributed by atoms with E-state index in [2.05, 4.69) is 16.0 Å². The van der Waals surface area contributed by atoms with Crippen molar-refractivity contribution in [1.29, 1.82) is 5.26 Å². The summed E-state index contributed by atoms with van der Waals surface area (Å²) in [6.45, 7) is 0. The predicted molar refractivity (Wildman–Crippen MR) is 78.4 cm³/mol. The van der Waals surface area contributed by atoms with Crippen LogP contribution in [0.1, 0.15) is 11.4 Å². The molecule has 1 aromatic carbocycles. The van der Waals surface area contributed by atoms with Crippen LogP contribution in [0.15, 0.2) is 48.8 Å². The minimum atomic E-state index is 0.525. The minimum Gasteiger partial charge on any atom is -0.327 e. The van der Waals surface area contributed by atoms with Crippen molar-refractivity contribution in [3.8, 4) is 6.07 Å². The second kappa shape index (κ2) is 4.98. The van der Waals surface area contributed by atoms with Gasteiger partial charge >= 0.3 is 0 Å². The summed E-state index contributed by atoms with van der Waals surface area (Å²) in [5.74, 6) is 0.664. The number of hydrogen-bond acceptors (Lipinski definition) is 3. The number of fused-ring (bicyclic) bond motifs is 1. The molecule has 0 amide bonds. The molecule has 3 rings (SSSR count). The van der Waals surface area contributed by atoms with Gasteiger partial charge in [-0.15, -0.1) is 0 Å². The van der Waals surface area contributed by atoms with Crippen LogP contribution in [0.2, 0.25) is 0 Å². The van der Waals surface area contributed by atoms with Gasteiger partial charge in [0.05, 0.1) is 16.6 Å². The van der Waals surface area contributed by atoms with Crippen LogP contribution in [0.25, 0.3) is 22.7 Å². The van der Waals surface area contributed by atoms with Crippen LogP contribution in [-0.4, -0.2) is 14.5 Å². The van der Waals surface area contributed by atoms with Crippen LogP contribution in [0.4, 0.5) is 0 Å². The first kappa shape index (κ1) is 12.1. The predicted octanol–water partition coefficient (Wildman–Crippen LogP) is 3.03. The van der Waals surface area contributed by atoms with E-state index in [-0.39, 0.29) is 0 Å². The van der Waals surface area contributed by atoms with Crippen LogP contribution in [-0.2, 0) is 7.05 Å². The van der Waals surface area contributed by atoms with Crippen LogP contribution in [0.3, 0.4) is 0 Å². The summed E-state index contributed by atoms with van der Waals surface area (Å²) >= 11 is 0. The number of benzene rings is 1. The molecule has 0 saturated carbocycles. The average molecular weight is 260 g/mol. The van der Waals surface area contributed by atoms with Gasteiger partial charge in [-0.05, 0) is 29.8 Å². The summed E-state index contributed by atoms with van der Waals surface area (Å²) in [6, 6.07) is 13.8. The van der Waals surface area contributed by atoms with Gasteiger partial charge in [-0.2, -0.15) is 5.26 Å². The Kier molecular flexibility index (Phi) is 3.02. The molecule has 2 aromatic heterocycles. The lowest BCUT2D eigenvalue weighted by Gasteiger charge is -2.00. The fourth-order valence-corrected chi connectivity index (χ4v) is 2.16. The van der Waals surface area contributed by atoms with E-state index in [9.17, 15) is 5.26 Å². The third-order valence-corrected chi connectivity index (χ3v) is 3.14. The van der Waals surface area contributed by atoms with Gasteiger partial charge in [0.25, 0.3) is 0 Å². The summed E-state index contributed by atoms with van der Waals surface area (Å²) in [5.41, 5.74) is 3.31. The molecule has 0 saturated heterocycles. The molecule has 4 heteroatoms. The van der Waals surface area contributed by atoms with E-state index >= 15 is 0 Å². The first-order valence-electron chi connectivity index (χ1n) is 6.23. The Hall–Kier alpha value is -2.93. The van der Waals surface area contributed by atoms with E-state index < -0.39 is 0 Å². The molecular formula is C16H12N4. The normalized spacial score (nSPS) is 11.5. The van der Waals surface area contributed by atoms with Crippen LogP contribution >= 0.6 is 0 Å². The van der Waals surface area contributed by atoms with Crippen molar-refractivity contribution in [2.24, 2.45) is 7.05 Å². The third-order valence-electron chi connectivity index (χ3n) is 3.14. The molecule has 4 nitrogen and oxygen atoms in total. The number of aromatic nitrogens is 3. The van der Waals surface area contributed by atoms with Crippen LogP contribution < -0.4 is 0 Å². The van der Waals surface area contributed by atoms with Gasteiger partial charge in [0.1, 0.15) is 6.07 Å². The molecule has 0 radical (unpaired) electrons. The van der Waals surface area contributed by atoms with Gasteiger partial charge in [-0.1, -0.05) is 18.2 Å². The number of imidazole rings is 1. The molecule has 0 atom stereocenters. The lowest BCUT2D eigenvalue weighted by atomic mass is 10.2. The van der Waals surface area contributed by atoms with Gasteiger partial charge in [-0.3, -0.25) is 4.98 Å². The Morgan fingerprint density at radius 1 is 1.25 bits per heavy atom. The zero-order valence-electron chi connectivity index (χ0n) is 11.0. The number of nitriles is 1. The Morgan fingerprint density at radius 2 is 2.10 bits per heavy atom. The lowest BCUT2D eigenvalue weighted by Crippen LogP contribution is -1.96. The van der Waals surface area contributed by atoms with E-state index in [1.54, 1.807) is 18.5 Å². The number of allylic oxidation sites excluding steroid dienone is 1. The third kappa shape index (κ3) is 2.06. The molecule has 3 aromatic rings. The molecule has 0 unspecified atom stereocenters. The zero-order valence-corrected chi connectivity index (χ0v) is 11.0. The van der Waals surface area contributed by atoms with Gasteiger partial charge in [0.2, 0.25) is 0 Å². The smallest absolute Gasteiger partial charge is 0.151 e. The van der Waals surface area contributed by atoms with E-state index in [1.165, 1.54) is 0 Å². The largest absolute Gasteiger partial charge is 0.327 e. The molecule has 20 heavy (non-hydrogen) atoms. The van der Waals surface area contributed by atoms with Crippen molar-refractivity contribution in [3.05, 3.63) is 60.2 Å². The van der Waals surface area contributed by atoms with Gasteiger partial charge in [-0.25, -0.2) is 4.98 Å². The fourth-order valence-electron chi connectivity index (χ4n) is 2.16. The van der Waals surface area contributed by atoms with Crippen LogP contribution in [0.5, 0.6) is 0 Å². The fraction of sp³-hybridized carbons (Fsp3) is 0.0625. The number of para-hydroxylation sites is 2. The molecule has 0 fully saturated rings. The van der Waals surface area contributed by atoms with Crippen molar-refractivity contribution in [1.82, 2.24) is 14.5 Å². The molecule has 0 spiro atoms. The molecule has 0 bridgehead atoms. The minimum absolute atomic E-state index is 0.525. The summed E-state index contributed by atoms with van der Waals surface area (Å²) in [5, 5.41) is 9.40. The molecule has 2 heterocycles. The highest BCUT2D eigenvalue weighted by atomic mass is 15.1. The molecule has 0 aliphatic carbocycles. The van der Waals surface area contributed by atoms with Gasteiger partial charge < -0.3 is 4.57 Å². The van der Waals surface area contributed by atoms with E-state index in [0.29, 0.717) is 11.4 Å². The Morgan fingerprint density at radius 3 is 2.80 bits per heavy atom.